The zero-order chi connectivity index (χ0) is 21.0. The number of amides is 1. The second-order valence-electron chi connectivity index (χ2n) is 7.96. The highest BCUT2D eigenvalue weighted by Crippen LogP contribution is 2.53. The third-order valence-electron chi connectivity index (χ3n) is 6.03. The summed E-state index contributed by atoms with van der Waals surface area (Å²) in [5.41, 5.74) is 2.02. The highest BCUT2D eigenvalue weighted by Gasteiger charge is 2.45. The predicted molar refractivity (Wildman–Crippen MR) is 104 cm³/mol. The van der Waals surface area contributed by atoms with Gasteiger partial charge in [0.2, 0.25) is 11.9 Å². The molecule has 2 unspecified atom stereocenters. The summed E-state index contributed by atoms with van der Waals surface area (Å²) in [6, 6.07) is 5.84. The van der Waals surface area contributed by atoms with E-state index in [4.69, 9.17) is 0 Å². The highest BCUT2D eigenvalue weighted by molar-refractivity contribution is 5.77. The van der Waals surface area contributed by atoms with Gasteiger partial charge in [-0.2, -0.15) is 18.2 Å². The quantitative estimate of drug-likeness (QED) is 0.707. The normalized spacial score (nSPS) is 22.6. The Bertz CT molecular complexity index is 1010. The number of alkyl halides is 3. The first-order chi connectivity index (χ1) is 14.3. The van der Waals surface area contributed by atoms with Gasteiger partial charge in [0.05, 0.1) is 18.1 Å². The van der Waals surface area contributed by atoms with E-state index in [0.717, 1.165) is 30.2 Å². The van der Waals surface area contributed by atoms with Crippen molar-refractivity contribution in [3.63, 3.8) is 0 Å². The summed E-state index contributed by atoms with van der Waals surface area (Å²) in [7, 11) is 0. The summed E-state index contributed by atoms with van der Waals surface area (Å²) < 4.78 is 40.0. The lowest BCUT2D eigenvalue weighted by atomic mass is 9.91. The van der Waals surface area contributed by atoms with E-state index in [0.29, 0.717) is 18.8 Å². The SMILES string of the molecule is CC(=O)N1C2CCC1c1cc(Nc3ncc(C(F)(F)F)c(NC4CNC4)n3)ccc12. The lowest BCUT2D eigenvalue weighted by Gasteiger charge is -2.29. The molecule has 2 atom stereocenters. The average Bonchev–Trinajstić information content (AvgIpc) is 3.21. The van der Waals surface area contributed by atoms with Crippen LogP contribution in [0.5, 0.6) is 0 Å². The van der Waals surface area contributed by atoms with Crippen LogP contribution in [-0.4, -0.2) is 39.9 Å². The molecule has 2 fully saturated rings. The van der Waals surface area contributed by atoms with Gasteiger partial charge in [0, 0.05) is 31.9 Å². The summed E-state index contributed by atoms with van der Waals surface area (Å²) in [5.74, 6) is -0.0840. The highest BCUT2D eigenvalue weighted by atomic mass is 19.4. The van der Waals surface area contributed by atoms with Crippen LogP contribution < -0.4 is 16.0 Å². The molecule has 3 aliphatic rings. The summed E-state index contributed by atoms with van der Waals surface area (Å²) >= 11 is 0. The van der Waals surface area contributed by atoms with E-state index in [1.54, 1.807) is 6.92 Å². The summed E-state index contributed by atoms with van der Waals surface area (Å²) in [6.45, 7) is 2.76. The maximum absolute atomic E-state index is 13.3. The minimum atomic E-state index is -4.54. The maximum atomic E-state index is 13.3. The number of fused-ring (bicyclic) bond motifs is 5. The Morgan fingerprint density at radius 3 is 2.57 bits per heavy atom. The van der Waals surface area contributed by atoms with Gasteiger partial charge in [-0.3, -0.25) is 4.79 Å². The van der Waals surface area contributed by atoms with E-state index in [9.17, 15) is 18.0 Å². The minimum Gasteiger partial charge on any atom is -0.364 e. The van der Waals surface area contributed by atoms with Crippen LogP contribution in [0.2, 0.25) is 0 Å². The van der Waals surface area contributed by atoms with Crippen molar-refractivity contribution < 1.29 is 18.0 Å². The van der Waals surface area contributed by atoms with Crippen molar-refractivity contribution in [2.75, 3.05) is 23.7 Å². The van der Waals surface area contributed by atoms with E-state index < -0.39 is 11.7 Å². The van der Waals surface area contributed by atoms with Crippen molar-refractivity contribution in [1.29, 1.82) is 0 Å². The molecule has 30 heavy (non-hydrogen) atoms. The third kappa shape index (κ3) is 3.15. The number of carbonyl (C=O) groups excluding carboxylic acids is 1. The fourth-order valence-electron chi connectivity index (χ4n) is 4.58. The number of carbonyl (C=O) groups is 1. The van der Waals surface area contributed by atoms with Gasteiger partial charge in [-0.05, 0) is 36.1 Å². The molecule has 2 bridgehead atoms. The molecule has 158 valence electrons. The standard InChI is InChI=1S/C20H21F3N6O/c1-10(30)29-16-4-5-17(29)14-6-11(2-3-13(14)16)27-19-25-9-15(20(21,22)23)18(28-19)26-12-7-24-8-12/h2-3,6,9,12,16-17,24H,4-5,7-8H2,1H3,(H2,25,26,27,28). The predicted octanol–water partition coefficient (Wildman–Crippen LogP) is 3.36. The smallest absolute Gasteiger partial charge is 0.364 e. The van der Waals surface area contributed by atoms with Crippen LogP contribution in [0.15, 0.2) is 24.4 Å². The molecule has 1 amide bonds. The first kappa shape index (κ1) is 19.1. The molecule has 0 aliphatic carbocycles. The molecule has 7 nitrogen and oxygen atoms in total. The topological polar surface area (TPSA) is 82.2 Å². The zero-order valence-electron chi connectivity index (χ0n) is 16.3. The maximum Gasteiger partial charge on any atom is 0.421 e. The Hall–Kier alpha value is -2.88. The fraction of sp³-hybridized carbons (Fsp3) is 0.450. The van der Waals surface area contributed by atoms with E-state index in [1.165, 1.54) is 0 Å². The number of halogens is 3. The van der Waals surface area contributed by atoms with Crippen LogP contribution >= 0.6 is 0 Å². The Morgan fingerprint density at radius 2 is 1.93 bits per heavy atom. The second kappa shape index (κ2) is 6.83. The molecule has 0 spiro atoms. The molecule has 0 saturated carbocycles. The molecule has 3 N–H and O–H groups in total. The molecule has 0 radical (unpaired) electrons. The molecule has 4 heterocycles. The Kier molecular flexibility index (Phi) is 4.35. The molecular formula is C20H21F3N6O. The number of aromatic nitrogens is 2. The van der Waals surface area contributed by atoms with Crippen LogP contribution in [-0.2, 0) is 11.0 Å². The average molecular weight is 418 g/mol. The van der Waals surface area contributed by atoms with Gasteiger partial charge in [-0.25, -0.2) is 4.98 Å². The molecule has 1 aromatic carbocycles. The zero-order valence-corrected chi connectivity index (χ0v) is 16.3. The van der Waals surface area contributed by atoms with Gasteiger partial charge in [0.25, 0.3) is 0 Å². The van der Waals surface area contributed by atoms with Crippen LogP contribution in [0, 0.1) is 0 Å². The second-order valence-corrected chi connectivity index (χ2v) is 7.96. The molecule has 2 aromatic rings. The molecule has 5 rings (SSSR count). The molecule has 10 heteroatoms. The van der Waals surface area contributed by atoms with Crippen LogP contribution in [0.4, 0.5) is 30.6 Å². The van der Waals surface area contributed by atoms with Crippen LogP contribution in [0.3, 0.4) is 0 Å². The molecule has 3 aliphatic heterocycles. The number of hydrogen-bond acceptors (Lipinski definition) is 6. The lowest BCUT2D eigenvalue weighted by Crippen LogP contribution is -2.51. The van der Waals surface area contributed by atoms with E-state index >= 15 is 0 Å². The third-order valence-corrected chi connectivity index (χ3v) is 6.03. The van der Waals surface area contributed by atoms with Gasteiger partial charge in [-0.1, -0.05) is 6.07 Å². The van der Waals surface area contributed by atoms with Crippen molar-refractivity contribution in [2.24, 2.45) is 0 Å². The molecular weight excluding hydrogens is 397 g/mol. The largest absolute Gasteiger partial charge is 0.421 e. The summed E-state index contributed by atoms with van der Waals surface area (Å²) in [6.07, 6.45) is -1.87. The number of rotatable bonds is 4. The van der Waals surface area contributed by atoms with E-state index in [1.807, 2.05) is 23.1 Å². The summed E-state index contributed by atoms with van der Waals surface area (Å²) in [4.78, 5) is 21.9. The number of hydrogen-bond donors (Lipinski definition) is 3. The van der Waals surface area contributed by atoms with Crippen molar-refractivity contribution in [2.45, 2.75) is 44.1 Å². The van der Waals surface area contributed by atoms with Crippen LogP contribution in [0.1, 0.15) is 48.5 Å². The van der Waals surface area contributed by atoms with E-state index in [2.05, 4.69) is 25.9 Å². The monoisotopic (exact) mass is 418 g/mol. The fourth-order valence-corrected chi connectivity index (χ4v) is 4.58. The number of nitrogens with one attached hydrogen (secondary N) is 3. The van der Waals surface area contributed by atoms with Gasteiger partial charge in [-0.15, -0.1) is 0 Å². The van der Waals surface area contributed by atoms with Crippen molar-refractivity contribution >= 4 is 23.4 Å². The lowest BCUT2D eigenvalue weighted by molar-refractivity contribution is -0.137. The number of benzene rings is 1. The Balaban J connectivity index is 1.42. The van der Waals surface area contributed by atoms with E-state index in [-0.39, 0.29) is 35.8 Å². The van der Waals surface area contributed by atoms with Gasteiger partial charge < -0.3 is 20.9 Å². The van der Waals surface area contributed by atoms with Gasteiger partial charge in [0.15, 0.2) is 0 Å². The first-order valence-corrected chi connectivity index (χ1v) is 9.92. The molecule has 2 saturated heterocycles. The van der Waals surface area contributed by atoms with Crippen molar-refractivity contribution in [1.82, 2.24) is 20.2 Å². The number of anilines is 3. The van der Waals surface area contributed by atoms with Crippen LogP contribution in [0.25, 0.3) is 0 Å². The Labute approximate surface area is 171 Å². The van der Waals surface area contributed by atoms with Gasteiger partial charge in [0.1, 0.15) is 11.4 Å². The summed E-state index contributed by atoms with van der Waals surface area (Å²) in [5, 5.41) is 8.87. The molecule has 1 aromatic heterocycles. The van der Waals surface area contributed by atoms with Crippen molar-refractivity contribution in [3.05, 3.63) is 41.1 Å². The van der Waals surface area contributed by atoms with Gasteiger partial charge >= 0.3 is 6.18 Å². The van der Waals surface area contributed by atoms with Crippen molar-refractivity contribution in [3.8, 4) is 0 Å². The first-order valence-electron chi connectivity index (χ1n) is 9.92. The number of nitrogens with zero attached hydrogens (tertiary/aromatic N) is 3. The minimum absolute atomic E-state index is 0.0560. The Morgan fingerprint density at radius 1 is 1.20 bits per heavy atom.